The topological polar surface area (TPSA) is 61.4 Å². The highest BCUT2D eigenvalue weighted by atomic mass is 32.1. The van der Waals surface area contributed by atoms with Gasteiger partial charge in [0.2, 0.25) is 11.8 Å². The zero-order valence-corrected chi connectivity index (χ0v) is 16.7. The average Bonchev–Trinajstić information content (AvgIpc) is 3.13. The first-order chi connectivity index (χ1) is 12.9. The number of rotatable bonds is 9. The lowest BCUT2D eigenvalue weighted by atomic mass is 10.1. The van der Waals surface area contributed by atoms with Crippen LogP contribution in [0.5, 0.6) is 0 Å². The number of amides is 2. The zero-order valence-electron chi connectivity index (χ0n) is 15.9. The van der Waals surface area contributed by atoms with Crippen molar-refractivity contribution in [2.24, 2.45) is 0 Å². The van der Waals surface area contributed by atoms with Gasteiger partial charge in [-0.3, -0.25) is 14.5 Å². The Morgan fingerprint density at radius 1 is 1.07 bits per heavy atom. The van der Waals surface area contributed by atoms with Crippen molar-refractivity contribution in [2.45, 2.75) is 32.9 Å². The molecule has 1 atom stereocenters. The molecule has 0 radical (unpaired) electrons. The van der Waals surface area contributed by atoms with Crippen LogP contribution in [0.1, 0.15) is 37.3 Å². The van der Waals surface area contributed by atoms with Crippen LogP contribution in [0.3, 0.4) is 0 Å². The number of likely N-dealkylation sites (N-methyl/N-ethyl adjacent to an activating group) is 1. The summed E-state index contributed by atoms with van der Waals surface area (Å²) in [5.74, 6) is -0.603. The van der Waals surface area contributed by atoms with Gasteiger partial charge >= 0.3 is 0 Å². The van der Waals surface area contributed by atoms with E-state index in [0.717, 1.165) is 10.4 Å². The van der Waals surface area contributed by atoms with Gasteiger partial charge in [-0.15, -0.1) is 11.3 Å². The van der Waals surface area contributed by atoms with Crippen LogP contribution in [-0.4, -0.2) is 42.4 Å². The highest BCUT2D eigenvalue weighted by molar-refractivity contribution is 7.10. The normalized spacial score (nSPS) is 12.2. The fourth-order valence-corrected chi connectivity index (χ4v) is 3.49. The number of carbonyl (C=O) groups is 2. The van der Waals surface area contributed by atoms with Gasteiger partial charge in [-0.2, -0.15) is 0 Å². The lowest BCUT2D eigenvalue weighted by Crippen LogP contribution is -2.44. The minimum Gasteiger partial charge on any atom is -0.353 e. The van der Waals surface area contributed by atoms with Gasteiger partial charge in [-0.05, 0) is 49.5 Å². The number of halogens is 1. The third-order valence-electron chi connectivity index (χ3n) is 3.97. The van der Waals surface area contributed by atoms with Crippen molar-refractivity contribution in [1.82, 2.24) is 15.5 Å². The third-order valence-corrected chi connectivity index (χ3v) is 4.90. The molecule has 1 aromatic carbocycles. The van der Waals surface area contributed by atoms with Crippen LogP contribution >= 0.6 is 11.3 Å². The van der Waals surface area contributed by atoms with E-state index in [1.807, 2.05) is 38.3 Å². The molecule has 2 aromatic rings. The highest BCUT2D eigenvalue weighted by Crippen LogP contribution is 2.26. The van der Waals surface area contributed by atoms with Gasteiger partial charge in [0, 0.05) is 10.9 Å². The molecule has 0 aliphatic rings. The Hall–Kier alpha value is -2.25. The predicted octanol–water partition coefficient (Wildman–Crippen LogP) is 2.94. The molecular weight excluding hydrogens is 365 g/mol. The number of carbonyl (C=O) groups excluding carboxylic acids is 2. The van der Waals surface area contributed by atoms with Crippen LogP contribution in [0, 0.1) is 5.82 Å². The summed E-state index contributed by atoms with van der Waals surface area (Å²) in [6, 6.07) is 9.69. The summed E-state index contributed by atoms with van der Waals surface area (Å²) in [4.78, 5) is 27.3. The third kappa shape index (κ3) is 6.77. The molecule has 0 aliphatic carbocycles. The first kappa shape index (κ1) is 21.1. The lowest BCUT2D eigenvalue weighted by molar-refractivity contribution is -0.125. The second-order valence-corrected chi connectivity index (χ2v) is 7.57. The quantitative estimate of drug-likeness (QED) is 0.691. The van der Waals surface area contributed by atoms with Gasteiger partial charge in [-0.25, -0.2) is 4.39 Å². The summed E-state index contributed by atoms with van der Waals surface area (Å²) in [6.45, 7) is 6.57. The average molecular weight is 392 g/mol. The molecule has 5 nitrogen and oxygen atoms in total. The zero-order chi connectivity index (χ0) is 19.8. The van der Waals surface area contributed by atoms with E-state index in [-0.39, 0.29) is 42.8 Å². The van der Waals surface area contributed by atoms with Crippen LogP contribution in [0.4, 0.5) is 4.39 Å². The van der Waals surface area contributed by atoms with E-state index in [2.05, 4.69) is 10.6 Å². The molecule has 2 rings (SSSR count). The molecule has 0 saturated heterocycles. The van der Waals surface area contributed by atoms with Crippen molar-refractivity contribution in [3.8, 4) is 0 Å². The first-order valence-electron chi connectivity index (χ1n) is 8.99. The molecule has 0 fully saturated rings. The monoisotopic (exact) mass is 391 g/mol. The molecule has 1 aromatic heterocycles. The number of benzene rings is 1. The summed E-state index contributed by atoms with van der Waals surface area (Å²) in [5.41, 5.74) is 0.813. The van der Waals surface area contributed by atoms with Crippen molar-refractivity contribution in [3.05, 3.63) is 58.0 Å². The lowest BCUT2D eigenvalue weighted by Gasteiger charge is -2.23. The molecule has 0 saturated carbocycles. The van der Waals surface area contributed by atoms with Crippen molar-refractivity contribution in [1.29, 1.82) is 0 Å². The van der Waals surface area contributed by atoms with Gasteiger partial charge in [0.1, 0.15) is 5.82 Å². The Morgan fingerprint density at radius 3 is 2.22 bits per heavy atom. The molecule has 7 heteroatoms. The van der Waals surface area contributed by atoms with E-state index in [0.29, 0.717) is 6.54 Å². The van der Waals surface area contributed by atoms with E-state index in [9.17, 15) is 14.0 Å². The van der Waals surface area contributed by atoms with Gasteiger partial charge in [0.05, 0.1) is 19.1 Å². The molecule has 2 N–H and O–H groups in total. The van der Waals surface area contributed by atoms with Gasteiger partial charge in [0.25, 0.3) is 0 Å². The maximum absolute atomic E-state index is 13.3. The molecule has 146 valence electrons. The van der Waals surface area contributed by atoms with Crippen LogP contribution < -0.4 is 10.6 Å². The minimum atomic E-state index is -0.346. The van der Waals surface area contributed by atoms with E-state index in [1.54, 1.807) is 17.0 Å². The van der Waals surface area contributed by atoms with Crippen molar-refractivity contribution < 1.29 is 14.0 Å². The summed E-state index contributed by atoms with van der Waals surface area (Å²) >= 11 is 1.53. The van der Waals surface area contributed by atoms with Crippen molar-refractivity contribution in [2.75, 3.05) is 19.6 Å². The van der Waals surface area contributed by atoms with E-state index in [4.69, 9.17) is 0 Å². The molecule has 2 amide bonds. The summed E-state index contributed by atoms with van der Waals surface area (Å²) in [6.07, 6.45) is 0. The number of hydrogen-bond donors (Lipinski definition) is 2. The fourth-order valence-electron chi connectivity index (χ4n) is 2.69. The fraction of sp³-hybridized carbons (Fsp3) is 0.400. The van der Waals surface area contributed by atoms with Crippen molar-refractivity contribution in [3.63, 3.8) is 0 Å². The summed E-state index contributed by atoms with van der Waals surface area (Å²) in [5, 5.41) is 7.78. The Morgan fingerprint density at radius 2 is 1.70 bits per heavy atom. The second kappa shape index (κ2) is 10.2. The number of thiophene rings is 1. The Balaban J connectivity index is 2.04. The Labute approximate surface area is 163 Å². The van der Waals surface area contributed by atoms with Gasteiger partial charge in [0.15, 0.2) is 0 Å². The SMILES string of the molecule is CCN(CC(=O)NC(C)C)CC(=O)NC(c1ccc(F)cc1)c1cccs1. The van der Waals surface area contributed by atoms with Crippen LogP contribution in [0.2, 0.25) is 0 Å². The Bertz CT molecular complexity index is 732. The second-order valence-electron chi connectivity index (χ2n) is 6.59. The van der Waals surface area contributed by atoms with Gasteiger partial charge in [-0.1, -0.05) is 25.1 Å². The standard InChI is InChI=1S/C20H26FN3O2S/c1-4-24(12-18(25)22-14(2)3)13-19(26)23-20(17-6-5-11-27-17)15-7-9-16(21)10-8-15/h5-11,14,20H,4,12-13H2,1-3H3,(H,22,25)(H,23,26). The maximum atomic E-state index is 13.3. The van der Waals surface area contributed by atoms with Crippen LogP contribution in [0.15, 0.2) is 41.8 Å². The molecule has 1 heterocycles. The molecule has 1 unspecified atom stereocenters. The minimum absolute atomic E-state index is 0.0618. The van der Waals surface area contributed by atoms with Crippen LogP contribution in [-0.2, 0) is 9.59 Å². The first-order valence-corrected chi connectivity index (χ1v) is 9.87. The van der Waals surface area contributed by atoms with E-state index >= 15 is 0 Å². The predicted molar refractivity (Wildman–Crippen MR) is 106 cm³/mol. The smallest absolute Gasteiger partial charge is 0.234 e. The number of hydrogen-bond acceptors (Lipinski definition) is 4. The van der Waals surface area contributed by atoms with Crippen LogP contribution in [0.25, 0.3) is 0 Å². The molecular formula is C20H26FN3O2S. The molecule has 0 spiro atoms. The maximum Gasteiger partial charge on any atom is 0.234 e. The number of nitrogens with zero attached hydrogens (tertiary/aromatic N) is 1. The molecule has 0 aliphatic heterocycles. The summed E-state index contributed by atoms with van der Waals surface area (Å²) < 4.78 is 13.3. The molecule has 27 heavy (non-hydrogen) atoms. The summed E-state index contributed by atoms with van der Waals surface area (Å²) in [7, 11) is 0. The Kier molecular flexibility index (Phi) is 7.94. The van der Waals surface area contributed by atoms with Crippen molar-refractivity contribution >= 4 is 23.2 Å². The van der Waals surface area contributed by atoms with Gasteiger partial charge < -0.3 is 10.6 Å². The highest BCUT2D eigenvalue weighted by Gasteiger charge is 2.20. The number of nitrogens with one attached hydrogen (secondary N) is 2. The largest absolute Gasteiger partial charge is 0.353 e. The molecule has 0 bridgehead atoms. The van der Waals surface area contributed by atoms with E-state index < -0.39 is 0 Å². The van der Waals surface area contributed by atoms with E-state index in [1.165, 1.54) is 23.5 Å².